The highest BCUT2D eigenvalue weighted by Gasteiger charge is 2.38. The molecule has 1 saturated carbocycles. The number of nitrogens with one attached hydrogen (secondary N) is 2. The maximum absolute atomic E-state index is 12.5. The van der Waals surface area contributed by atoms with E-state index in [0.717, 1.165) is 43.1 Å². The van der Waals surface area contributed by atoms with Crippen molar-refractivity contribution in [1.82, 2.24) is 29.6 Å². The molecule has 3 aromatic heterocycles. The van der Waals surface area contributed by atoms with Gasteiger partial charge in [0.2, 0.25) is 17.7 Å². The van der Waals surface area contributed by atoms with Gasteiger partial charge in [-0.25, -0.2) is 9.78 Å². The minimum absolute atomic E-state index is 0.0676. The van der Waals surface area contributed by atoms with Crippen molar-refractivity contribution in [3.8, 4) is 0 Å². The van der Waals surface area contributed by atoms with Crippen molar-refractivity contribution in [2.45, 2.75) is 63.8 Å². The smallest absolute Gasteiger partial charge is 0.332 e. The van der Waals surface area contributed by atoms with Crippen LogP contribution in [0.3, 0.4) is 0 Å². The first-order valence-electron chi connectivity index (χ1n) is 11.7. The minimum Gasteiger partial charge on any atom is -0.343 e. The molecule has 3 aromatic rings. The molecule has 2 N–H and O–H groups in total. The van der Waals surface area contributed by atoms with Crippen LogP contribution in [0.2, 0.25) is 0 Å². The molecule has 0 aromatic carbocycles. The Kier molecular flexibility index (Phi) is 6.81. The lowest BCUT2D eigenvalue weighted by molar-refractivity contribution is -0.121. The first-order chi connectivity index (χ1) is 16.7. The lowest BCUT2D eigenvalue weighted by Gasteiger charge is -2.30. The Morgan fingerprint density at radius 2 is 1.83 bits per heavy atom. The number of aryl methyl sites for hydroxylation is 2. The van der Waals surface area contributed by atoms with Gasteiger partial charge in [-0.15, -0.1) is 0 Å². The van der Waals surface area contributed by atoms with Gasteiger partial charge in [-0.2, -0.15) is 4.98 Å². The van der Waals surface area contributed by atoms with E-state index in [2.05, 4.69) is 25.8 Å². The second-order valence-corrected chi connectivity index (χ2v) is 9.04. The highest BCUT2D eigenvalue weighted by molar-refractivity contribution is 5.92. The number of hydrogen-bond acceptors (Lipinski definition) is 8. The van der Waals surface area contributed by atoms with Crippen molar-refractivity contribution in [3.63, 3.8) is 0 Å². The predicted octanol–water partition coefficient (Wildman–Crippen LogP) is 1.27. The van der Waals surface area contributed by atoms with E-state index in [-0.39, 0.29) is 35.7 Å². The summed E-state index contributed by atoms with van der Waals surface area (Å²) < 4.78 is 7.66. The van der Waals surface area contributed by atoms with Crippen molar-refractivity contribution < 1.29 is 14.1 Å². The molecule has 0 saturated heterocycles. The monoisotopic (exact) mass is 483 g/mol. The Morgan fingerprint density at radius 3 is 2.51 bits per heavy atom. The number of amides is 2. The standard InChI is InChI=1S/C23H29N7O5/c1-14(31)27-23(10-6-4-5-7-11-23)21-26-18(35-28-21)9-8-17(32)25-15-12-16-19(24-13-15)29(2)22(34)30(3)20(16)33/h12-13H,4-11H2,1-3H3,(H,25,32)(H,27,31). The Labute approximate surface area is 200 Å². The molecule has 1 aliphatic rings. The number of anilines is 1. The molecule has 186 valence electrons. The number of fused-ring (bicyclic) bond motifs is 1. The van der Waals surface area contributed by atoms with Crippen molar-refractivity contribution in [3.05, 3.63) is 44.8 Å². The van der Waals surface area contributed by atoms with E-state index in [1.807, 2.05) is 0 Å². The fourth-order valence-corrected chi connectivity index (χ4v) is 4.60. The van der Waals surface area contributed by atoms with Crippen LogP contribution in [0.4, 0.5) is 5.69 Å². The van der Waals surface area contributed by atoms with Gasteiger partial charge >= 0.3 is 5.69 Å². The Morgan fingerprint density at radius 1 is 1.11 bits per heavy atom. The maximum atomic E-state index is 12.5. The van der Waals surface area contributed by atoms with E-state index >= 15 is 0 Å². The molecule has 1 fully saturated rings. The molecule has 0 bridgehead atoms. The van der Waals surface area contributed by atoms with Gasteiger partial charge in [0, 0.05) is 33.9 Å². The third-order valence-corrected chi connectivity index (χ3v) is 6.41. The quantitative estimate of drug-likeness (QED) is 0.497. The molecule has 3 heterocycles. The largest absolute Gasteiger partial charge is 0.343 e. The number of pyridine rings is 1. The summed E-state index contributed by atoms with van der Waals surface area (Å²) in [6, 6.07) is 1.50. The number of carbonyl (C=O) groups excluding carboxylic acids is 2. The average Bonchev–Trinajstić information content (AvgIpc) is 3.19. The van der Waals surface area contributed by atoms with Crippen molar-refractivity contribution in [2.75, 3.05) is 5.32 Å². The van der Waals surface area contributed by atoms with Crippen LogP contribution in [0.1, 0.15) is 63.6 Å². The first kappa shape index (κ1) is 24.3. The lowest BCUT2D eigenvalue weighted by atomic mass is 9.89. The molecule has 2 amide bonds. The second kappa shape index (κ2) is 9.80. The predicted molar refractivity (Wildman–Crippen MR) is 127 cm³/mol. The molecular formula is C23H29N7O5. The number of aromatic nitrogens is 5. The summed E-state index contributed by atoms with van der Waals surface area (Å²) in [4.78, 5) is 57.6. The Hall–Kier alpha value is -3.83. The molecule has 0 radical (unpaired) electrons. The number of nitrogens with zero attached hydrogens (tertiary/aromatic N) is 5. The molecule has 0 unspecified atom stereocenters. The fraction of sp³-hybridized carbons (Fsp3) is 0.522. The molecule has 1 aliphatic carbocycles. The van der Waals surface area contributed by atoms with Gasteiger partial charge in [0.05, 0.1) is 17.3 Å². The molecule has 4 rings (SSSR count). The Bertz CT molecular complexity index is 1380. The summed E-state index contributed by atoms with van der Waals surface area (Å²) in [5.41, 5.74) is -1.03. The van der Waals surface area contributed by atoms with Crippen LogP contribution >= 0.6 is 0 Å². The van der Waals surface area contributed by atoms with Crippen molar-refractivity contribution in [1.29, 1.82) is 0 Å². The van der Waals surface area contributed by atoms with E-state index in [0.29, 0.717) is 17.4 Å². The normalized spacial score (nSPS) is 15.5. The number of hydrogen-bond donors (Lipinski definition) is 2. The number of rotatable bonds is 6. The van der Waals surface area contributed by atoms with Crippen LogP contribution in [0.5, 0.6) is 0 Å². The van der Waals surface area contributed by atoms with E-state index in [9.17, 15) is 19.2 Å². The van der Waals surface area contributed by atoms with Gasteiger partial charge in [0.15, 0.2) is 5.82 Å². The lowest BCUT2D eigenvalue weighted by Crippen LogP contribution is -2.45. The minimum atomic E-state index is -0.643. The van der Waals surface area contributed by atoms with E-state index in [1.54, 1.807) is 0 Å². The molecule has 0 atom stereocenters. The number of carbonyl (C=O) groups is 2. The maximum Gasteiger partial charge on any atom is 0.332 e. The molecular weight excluding hydrogens is 454 g/mol. The van der Waals surface area contributed by atoms with Gasteiger partial charge in [-0.1, -0.05) is 30.8 Å². The summed E-state index contributed by atoms with van der Waals surface area (Å²) in [6.45, 7) is 1.48. The van der Waals surface area contributed by atoms with Gasteiger partial charge in [0.25, 0.3) is 5.56 Å². The summed E-state index contributed by atoms with van der Waals surface area (Å²) in [5, 5.41) is 10.1. The summed E-state index contributed by atoms with van der Waals surface area (Å²) in [5.74, 6) is 0.296. The van der Waals surface area contributed by atoms with E-state index in [1.165, 1.54) is 37.8 Å². The van der Waals surface area contributed by atoms with Crippen LogP contribution < -0.4 is 21.9 Å². The van der Waals surface area contributed by atoms with Gasteiger partial charge in [-0.05, 0) is 18.9 Å². The van der Waals surface area contributed by atoms with Gasteiger partial charge in [-0.3, -0.25) is 23.5 Å². The average molecular weight is 484 g/mol. The fourth-order valence-electron chi connectivity index (χ4n) is 4.60. The first-order valence-corrected chi connectivity index (χ1v) is 11.7. The van der Waals surface area contributed by atoms with Gasteiger partial charge in [0.1, 0.15) is 11.2 Å². The van der Waals surface area contributed by atoms with Crippen molar-refractivity contribution in [2.24, 2.45) is 14.1 Å². The van der Waals surface area contributed by atoms with Crippen LogP contribution in [-0.4, -0.2) is 36.1 Å². The third kappa shape index (κ3) is 5.00. The summed E-state index contributed by atoms with van der Waals surface area (Å²) in [7, 11) is 2.91. The SMILES string of the molecule is CC(=O)NC1(c2noc(CCC(=O)Nc3cnc4c(c3)c(=O)n(C)c(=O)n4C)n2)CCCCCC1. The van der Waals surface area contributed by atoms with E-state index in [4.69, 9.17) is 4.52 Å². The highest BCUT2D eigenvalue weighted by atomic mass is 16.5. The molecule has 0 spiro atoms. The van der Waals surface area contributed by atoms with Crippen LogP contribution in [0.25, 0.3) is 11.0 Å². The topological polar surface area (TPSA) is 154 Å². The second-order valence-electron chi connectivity index (χ2n) is 9.04. The van der Waals surface area contributed by atoms with Crippen molar-refractivity contribution >= 4 is 28.5 Å². The van der Waals surface area contributed by atoms with Crippen LogP contribution in [0.15, 0.2) is 26.4 Å². The summed E-state index contributed by atoms with van der Waals surface area (Å²) >= 11 is 0. The van der Waals surface area contributed by atoms with Crippen LogP contribution in [0, 0.1) is 0 Å². The molecule has 12 heteroatoms. The molecule has 0 aliphatic heterocycles. The Balaban J connectivity index is 1.45. The zero-order valence-electron chi connectivity index (χ0n) is 20.1. The zero-order chi connectivity index (χ0) is 25.2. The van der Waals surface area contributed by atoms with E-state index < -0.39 is 16.8 Å². The van der Waals surface area contributed by atoms with Crippen LogP contribution in [-0.2, 0) is 35.6 Å². The molecule has 35 heavy (non-hydrogen) atoms. The van der Waals surface area contributed by atoms with Gasteiger partial charge < -0.3 is 15.2 Å². The summed E-state index contributed by atoms with van der Waals surface area (Å²) in [6.07, 6.45) is 7.28. The zero-order valence-corrected chi connectivity index (χ0v) is 20.1. The third-order valence-electron chi connectivity index (χ3n) is 6.41. The highest BCUT2D eigenvalue weighted by Crippen LogP contribution is 2.34. The molecule has 12 nitrogen and oxygen atoms in total.